The Morgan fingerprint density at radius 3 is 2.61 bits per heavy atom. The van der Waals surface area contributed by atoms with Crippen molar-refractivity contribution in [3.05, 3.63) is 77.8 Å². The highest BCUT2D eigenvalue weighted by Crippen LogP contribution is 2.27. The van der Waals surface area contributed by atoms with Gasteiger partial charge in [-0.1, -0.05) is 42.5 Å². The first-order chi connectivity index (χ1) is 13.8. The zero-order chi connectivity index (χ0) is 18.9. The number of anilines is 1. The minimum Gasteiger partial charge on any atom is -0.805 e. The van der Waals surface area contributed by atoms with Crippen LogP contribution in [0.25, 0.3) is 21.8 Å². The number of benzene rings is 3. The van der Waals surface area contributed by atoms with Gasteiger partial charge in [-0.15, -0.1) is 0 Å². The fraction of sp³-hybridized carbons (Fsp3) is 0.261. The van der Waals surface area contributed by atoms with Gasteiger partial charge in [-0.05, 0) is 35.6 Å². The molecule has 0 saturated carbocycles. The maximum atomic E-state index is 11.7. The lowest BCUT2D eigenvalue weighted by Gasteiger charge is -2.36. The largest absolute Gasteiger partial charge is 0.805 e. The van der Waals surface area contributed by atoms with Crippen molar-refractivity contribution in [2.24, 2.45) is 0 Å². The number of piperazine rings is 1. The molecular weight excluding hydrogens is 348 g/mol. The second-order valence-electron chi connectivity index (χ2n) is 7.47. The molecule has 0 aliphatic carbocycles. The number of rotatable bonds is 4. The van der Waals surface area contributed by atoms with E-state index in [1.165, 1.54) is 28.4 Å². The van der Waals surface area contributed by atoms with E-state index in [0.717, 1.165) is 49.4 Å². The summed E-state index contributed by atoms with van der Waals surface area (Å²) in [7, 11) is 0. The molecule has 0 bridgehead atoms. The van der Waals surface area contributed by atoms with Gasteiger partial charge in [0.15, 0.2) is 0 Å². The maximum Gasteiger partial charge on any atom is 0.0911 e. The van der Waals surface area contributed by atoms with Crippen LogP contribution in [-0.2, 0) is 6.42 Å². The summed E-state index contributed by atoms with van der Waals surface area (Å²) in [5, 5.41) is 14.4. The molecule has 0 spiro atoms. The highest BCUT2D eigenvalue weighted by molar-refractivity contribution is 5.94. The molecule has 1 fully saturated rings. The molecule has 5 rings (SSSR count). The topological polar surface area (TPSA) is 47.4 Å². The minimum absolute atomic E-state index is 0.665. The van der Waals surface area contributed by atoms with Crippen LogP contribution in [0.1, 0.15) is 5.56 Å². The smallest absolute Gasteiger partial charge is 0.0911 e. The SMILES string of the molecule is [O-]n1cnc2ccc(CCN3CCN(c4cccc5ccccc45)CC3)cc21. The van der Waals surface area contributed by atoms with Gasteiger partial charge in [0.25, 0.3) is 0 Å². The minimum atomic E-state index is 0.665. The first-order valence-corrected chi connectivity index (χ1v) is 9.86. The zero-order valence-electron chi connectivity index (χ0n) is 15.8. The summed E-state index contributed by atoms with van der Waals surface area (Å²) in [4.78, 5) is 9.12. The molecular formula is C23H23N4O-. The van der Waals surface area contributed by atoms with Gasteiger partial charge in [-0.3, -0.25) is 4.90 Å². The van der Waals surface area contributed by atoms with Crippen LogP contribution in [0.15, 0.2) is 67.0 Å². The molecule has 1 aromatic heterocycles. The van der Waals surface area contributed by atoms with Gasteiger partial charge in [0, 0.05) is 43.8 Å². The molecule has 1 saturated heterocycles. The number of hydrogen-bond acceptors (Lipinski definition) is 4. The Labute approximate surface area is 164 Å². The zero-order valence-corrected chi connectivity index (χ0v) is 15.8. The Morgan fingerprint density at radius 2 is 1.71 bits per heavy atom. The summed E-state index contributed by atoms with van der Waals surface area (Å²) in [6.07, 6.45) is 2.29. The Kier molecular flexibility index (Phi) is 4.37. The van der Waals surface area contributed by atoms with Crippen molar-refractivity contribution < 1.29 is 0 Å². The number of nitrogens with zero attached hydrogens (tertiary/aromatic N) is 4. The number of fused-ring (bicyclic) bond motifs is 2. The van der Waals surface area contributed by atoms with E-state index in [4.69, 9.17) is 0 Å². The van der Waals surface area contributed by atoms with E-state index in [1.54, 1.807) is 0 Å². The van der Waals surface area contributed by atoms with E-state index < -0.39 is 0 Å². The normalized spacial score (nSPS) is 15.5. The predicted octanol–water partition coefficient (Wildman–Crippen LogP) is 3.90. The molecule has 4 aromatic rings. The molecule has 28 heavy (non-hydrogen) atoms. The molecule has 1 aliphatic rings. The molecule has 142 valence electrons. The molecule has 0 N–H and O–H groups in total. The molecule has 5 nitrogen and oxygen atoms in total. The van der Waals surface area contributed by atoms with Crippen molar-refractivity contribution >= 4 is 27.5 Å². The van der Waals surface area contributed by atoms with Gasteiger partial charge in [0.05, 0.1) is 17.4 Å². The van der Waals surface area contributed by atoms with Crippen LogP contribution in [0.2, 0.25) is 0 Å². The molecule has 0 unspecified atom stereocenters. The van der Waals surface area contributed by atoms with E-state index in [2.05, 4.69) is 63.3 Å². The number of imidazole rings is 1. The fourth-order valence-electron chi connectivity index (χ4n) is 4.17. The third kappa shape index (κ3) is 3.18. The van der Waals surface area contributed by atoms with Gasteiger partial charge in [-0.25, -0.2) is 4.98 Å². The quantitative estimate of drug-likeness (QED) is 0.546. The van der Waals surface area contributed by atoms with Crippen LogP contribution >= 0.6 is 0 Å². The molecule has 2 heterocycles. The van der Waals surface area contributed by atoms with Gasteiger partial charge >= 0.3 is 0 Å². The van der Waals surface area contributed by atoms with E-state index in [1.807, 2.05) is 12.1 Å². The van der Waals surface area contributed by atoms with Crippen LogP contribution in [0.3, 0.4) is 0 Å². The summed E-state index contributed by atoms with van der Waals surface area (Å²) in [5.74, 6) is 0. The molecule has 1 aliphatic heterocycles. The Balaban J connectivity index is 1.22. The fourth-order valence-corrected chi connectivity index (χ4v) is 4.17. The van der Waals surface area contributed by atoms with Crippen molar-refractivity contribution in [3.8, 4) is 0 Å². The highest BCUT2D eigenvalue weighted by atomic mass is 16.5. The first kappa shape index (κ1) is 17.1. The van der Waals surface area contributed by atoms with Gasteiger partial charge in [-0.2, -0.15) is 0 Å². The Morgan fingerprint density at radius 1 is 0.893 bits per heavy atom. The lowest BCUT2D eigenvalue weighted by atomic mass is 10.1. The third-order valence-corrected chi connectivity index (χ3v) is 5.78. The van der Waals surface area contributed by atoms with Gasteiger partial charge in [0.2, 0.25) is 0 Å². The Hall–Kier alpha value is -3.05. The first-order valence-electron chi connectivity index (χ1n) is 9.86. The Bertz CT molecular complexity index is 1110. The molecule has 0 amide bonds. The van der Waals surface area contributed by atoms with Crippen molar-refractivity contribution in [3.63, 3.8) is 0 Å². The standard InChI is InChI=1S/C23H23N4O/c28-27-17-24-21-9-8-18(16-23(21)27)10-11-25-12-14-26(15-13-25)22-7-3-5-19-4-1-2-6-20(19)22/h1-9,16-17H,10-15H2/q-1. The van der Waals surface area contributed by atoms with Gasteiger partial charge in [0.1, 0.15) is 0 Å². The second-order valence-corrected chi connectivity index (χ2v) is 7.47. The van der Waals surface area contributed by atoms with E-state index in [0.29, 0.717) is 5.52 Å². The summed E-state index contributed by atoms with van der Waals surface area (Å²) < 4.78 is 0.849. The summed E-state index contributed by atoms with van der Waals surface area (Å²) in [5.41, 5.74) is 3.97. The van der Waals surface area contributed by atoms with Crippen molar-refractivity contribution in [2.45, 2.75) is 6.42 Å². The number of aromatic nitrogens is 2. The van der Waals surface area contributed by atoms with Crippen LogP contribution in [0.4, 0.5) is 5.69 Å². The monoisotopic (exact) mass is 371 g/mol. The van der Waals surface area contributed by atoms with Crippen LogP contribution < -0.4 is 4.90 Å². The van der Waals surface area contributed by atoms with Crippen molar-refractivity contribution in [2.75, 3.05) is 37.6 Å². The molecule has 0 radical (unpaired) electrons. The van der Waals surface area contributed by atoms with E-state index in [9.17, 15) is 5.21 Å². The molecule has 5 heteroatoms. The average Bonchev–Trinajstić information content (AvgIpc) is 3.12. The van der Waals surface area contributed by atoms with Gasteiger partial charge < -0.3 is 14.8 Å². The lowest BCUT2D eigenvalue weighted by molar-refractivity contribution is 0.261. The van der Waals surface area contributed by atoms with Crippen LogP contribution in [-0.4, -0.2) is 47.3 Å². The third-order valence-electron chi connectivity index (χ3n) is 5.78. The number of hydrogen-bond donors (Lipinski definition) is 0. The predicted molar refractivity (Wildman–Crippen MR) is 115 cm³/mol. The van der Waals surface area contributed by atoms with Crippen molar-refractivity contribution in [1.82, 2.24) is 14.6 Å². The maximum absolute atomic E-state index is 11.7. The highest BCUT2D eigenvalue weighted by Gasteiger charge is 2.18. The second kappa shape index (κ2) is 7.17. The van der Waals surface area contributed by atoms with Crippen LogP contribution in [0.5, 0.6) is 0 Å². The van der Waals surface area contributed by atoms with E-state index >= 15 is 0 Å². The molecule has 3 aromatic carbocycles. The summed E-state index contributed by atoms with van der Waals surface area (Å²) in [6, 6.07) is 21.2. The summed E-state index contributed by atoms with van der Waals surface area (Å²) >= 11 is 0. The average molecular weight is 371 g/mol. The van der Waals surface area contributed by atoms with Crippen LogP contribution in [0, 0.1) is 5.21 Å². The van der Waals surface area contributed by atoms with E-state index in [-0.39, 0.29) is 0 Å². The summed E-state index contributed by atoms with van der Waals surface area (Å²) in [6.45, 7) is 5.22. The molecule has 0 atom stereocenters. The lowest BCUT2D eigenvalue weighted by Crippen LogP contribution is -2.47. The van der Waals surface area contributed by atoms with Crippen molar-refractivity contribution in [1.29, 1.82) is 0 Å².